The number of allylic oxidation sites excluding steroid dienone is 5. The van der Waals surface area contributed by atoms with E-state index in [9.17, 15) is 0 Å². The summed E-state index contributed by atoms with van der Waals surface area (Å²) in [6.45, 7) is 6.74. The molecule has 1 aliphatic carbocycles. The molecule has 144 valence electrons. The quantitative estimate of drug-likeness (QED) is 0.636. The van der Waals surface area contributed by atoms with E-state index in [-0.39, 0.29) is 5.41 Å². The zero-order valence-corrected chi connectivity index (χ0v) is 17.8. The van der Waals surface area contributed by atoms with Gasteiger partial charge in [-0.1, -0.05) is 57.2 Å². The van der Waals surface area contributed by atoms with Crippen LogP contribution < -0.4 is 4.74 Å². The van der Waals surface area contributed by atoms with Crippen LogP contribution in [0.1, 0.15) is 37.5 Å². The first-order valence-electron chi connectivity index (χ1n) is 9.69. The summed E-state index contributed by atoms with van der Waals surface area (Å²) >= 11 is 0. The van der Waals surface area contributed by atoms with Crippen LogP contribution in [-0.2, 0) is 5.41 Å². The van der Waals surface area contributed by atoms with E-state index in [1.165, 1.54) is 33.5 Å². The Morgan fingerprint density at radius 1 is 0.750 bits per heavy atom. The third-order valence-corrected chi connectivity index (χ3v) is 5.09. The molecule has 0 saturated carbocycles. The molecule has 0 N–H and O–H groups in total. The minimum Gasteiger partial charge on any atom is -0.497 e. The maximum atomic E-state index is 5.34. The van der Waals surface area contributed by atoms with Crippen molar-refractivity contribution < 1.29 is 9.31 Å². The zero-order valence-electron chi connectivity index (χ0n) is 17.8. The predicted molar refractivity (Wildman–Crippen MR) is 120 cm³/mol. The Kier molecular flexibility index (Phi) is 5.69. The average molecular weight is 373 g/mol. The number of benzene rings is 2. The Balaban J connectivity index is 2.13. The highest BCUT2D eigenvalue weighted by Crippen LogP contribution is 2.32. The lowest BCUT2D eigenvalue weighted by molar-refractivity contribution is -0.462. The zero-order chi connectivity index (χ0) is 20.3. The van der Waals surface area contributed by atoms with Crippen LogP contribution in [0.25, 0.3) is 5.57 Å². The Morgan fingerprint density at radius 2 is 1.25 bits per heavy atom. The fraction of sp³-hybridized carbons (Fsp3) is 0.269. The van der Waals surface area contributed by atoms with E-state index in [0.717, 1.165) is 5.75 Å². The van der Waals surface area contributed by atoms with Gasteiger partial charge in [-0.25, -0.2) is 4.58 Å². The first-order chi connectivity index (χ1) is 13.3. The first-order valence-corrected chi connectivity index (χ1v) is 9.69. The van der Waals surface area contributed by atoms with E-state index >= 15 is 0 Å². The van der Waals surface area contributed by atoms with E-state index in [0.29, 0.717) is 0 Å². The molecule has 2 aromatic rings. The molecule has 0 bridgehead atoms. The summed E-state index contributed by atoms with van der Waals surface area (Å²) in [5, 5.41) is 0. The summed E-state index contributed by atoms with van der Waals surface area (Å²) in [6.07, 6.45) is 8.74. The Labute approximate surface area is 169 Å². The number of methoxy groups -OCH3 is 1. The van der Waals surface area contributed by atoms with Crippen molar-refractivity contribution in [1.29, 1.82) is 0 Å². The molecule has 3 rings (SSSR count). The smallest absolute Gasteiger partial charge is 0.199 e. The molecule has 0 radical (unpaired) electrons. The molecule has 0 spiro atoms. The molecule has 0 fully saturated rings. The maximum absolute atomic E-state index is 5.34. The third kappa shape index (κ3) is 4.33. The topological polar surface area (TPSA) is 12.2 Å². The highest BCUT2D eigenvalue weighted by molar-refractivity contribution is 6.03. The SMILES string of the molecule is COc1ccc(C(=C2C=CC(=[N+](C)C)C=C2)c2ccc(C(C)(C)C)cc2)cc1. The molecule has 28 heavy (non-hydrogen) atoms. The molecule has 0 amide bonds. The normalized spacial score (nSPS) is 13.6. The second kappa shape index (κ2) is 8.02. The molecule has 0 heterocycles. The fourth-order valence-corrected chi connectivity index (χ4v) is 3.32. The van der Waals surface area contributed by atoms with Crippen molar-refractivity contribution in [1.82, 2.24) is 0 Å². The lowest BCUT2D eigenvalue weighted by Gasteiger charge is -2.20. The summed E-state index contributed by atoms with van der Waals surface area (Å²) in [4.78, 5) is 0. The minimum absolute atomic E-state index is 0.145. The summed E-state index contributed by atoms with van der Waals surface area (Å²) in [5.74, 6) is 0.870. The van der Waals surface area contributed by atoms with Gasteiger partial charge >= 0.3 is 0 Å². The van der Waals surface area contributed by atoms with Gasteiger partial charge in [-0.3, -0.25) is 0 Å². The lowest BCUT2D eigenvalue weighted by atomic mass is 9.84. The largest absolute Gasteiger partial charge is 0.497 e. The summed E-state index contributed by atoms with van der Waals surface area (Å²) in [6, 6.07) is 17.3. The van der Waals surface area contributed by atoms with Crippen LogP contribution in [0.3, 0.4) is 0 Å². The molecule has 0 saturated heterocycles. The van der Waals surface area contributed by atoms with Gasteiger partial charge in [0.15, 0.2) is 5.71 Å². The third-order valence-electron chi connectivity index (χ3n) is 5.09. The fourth-order valence-electron chi connectivity index (χ4n) is 3.32. The predicted octanol–water partition coefficient (Wildman–Crippen LogP) is 5.63. The molecule has 1 aliphatic rings. The highest BCUT2D eigenvalue weighted by Gasteiger charge is 2.16. The van der Waals surface area contributed by atoms with Gasteiger partial charge in [-0.15, -0.1) is 0 Å². The Hall–Kier alpha value is -2.87. The molecule has 2 aromatic carbocycles. The van der Waals surface area contributed by atoms with E-state index < -0.39 is 0 Å². The van der Waals surface area contributed by atoms with Crippen LogP contribution in [0.5, 0.6) is 5.75 Å². The Morgan fingerprint density at radius 3 is 1.68 bits per heavy atom. The number of nitrogens with zero attached hydrogens (tertiary/aromatic N) is 1. The maximum Gasteiger partial charge on any atom is 0.199 e. The van der Waals surface area contributed by atoms with Gasteiger partial charge in [-0.2, -0.15) is 0 Å². The van der Waals surface area contributed by atoms with E-state index in [4.69, 9.17) is 4.74 Å². The van der Waals surface area contributed by atoms with Crippen molar-refractivity contribution in [3.05, 3.63) is 95.1 Å². The first kappa shape index (κ1) is 19.9. The number of ether oxygens (including phenoxy) is 1. The molecule has 0 atom stereocenters. The van der Waals surface area contributed by atoms with Gasteiger partial charge in [0.25, 0.3) is 0 Å². The van der Waals surface area contributed by atoms with E-state index in [1.54, 1.807) is 7.11 Å². The standard InChI is InChI=1S/C26H30NO/c1-26(2,3)22-13-7-19(8-14-22)25(21-11-17-24(28-6)18-12-21)20-9-15-23(16-10-20)27(4)5/h7-18H,1-6H3/q+1. The minimum atomic E-state index is 0.145. The van der Waals surface area contributed by atoms with Gasteiger partial charge in [0.2, 0.25) is 0 Å². The number of hydrogen-bond donors (Lipinski definition) is 0. The van der Waals surface area contributed by atoms with E-state index in [2.05, 4.69) is 100 Å². The van der Waals surface area contributed by atoms with Crippen molar-refractivity contribution in [2.75, 3.05) is 21.2 Å². The second-order valence-corrected chi connectivity index (χ2v) is 8.37. The summed E-state index contributed by atoms with van der Waals surface area (Å²) < 4.78 is 7.46. The van der Waals surface area contributed by atoms with Crippen molar-refractivity contribution in [3.63, 3.8) is 0 Å². The van der Waals surface area contributed by atoms with Crippen LogP contribution in [0.15, 0.2) is 78.4 Å². The molecule has 2 nitrogen and oxygen atoms in total. The van der Waals surface area contributed by atoms with Crippen molar-refractivity contribution in [2.45, 2.75) is 26.2 Å². The highest BCUT2D eigenvalue weighted by atomic mass is 16.5. The van der Waals surface area contributed by atoms with Crippen molar-refractivity contribution in [3.8, 4) is 5.75 Å². The van der Waals surface area contributed by atoms with Crippen LogP contribution in [-0.4, -0.2) is 31.5 Å². The number of rotatable bonds is 3. The van der Waals surface area contributed by atoms with E-state index in [1.807, 2.05) is 12.1 Å². The monoisotopic (exact) mass is 372 g/mol. The molecular formula is C26H30NO+. The van der Waals surface area contributed by atoms with Crippen LogP contribution in [0, 0.1) is 0 Å². The average Bonchev–Trinajstić information content (AvgIpc) is 2.69. The van der Waals surface area contributed by atoms with Crippen LogP contribution in [0.4, 0.5) is 0 Å². The molecule has 0 unspecified atom stereocenters. The molecule has 2 heteroatoms. The second-order valence-electron chi connectivity index (χ2n) is 8.37. The summed E-state index contributed by atoms with van der Waals surface area (Å²) in [5.41, 5.74) is 7.52. The van der Waals surface area contributed by atoms with Gasteiger partial charge in [0, 0.05) is 12.2 Å². The van der Waals surface area contributed by atoms with Crippen molar-refractivity contribution in [2.24, 2.45) is 0 Å². The molecular weight excluding hydrogens is 342 g/mol. The van der Waals surface area contributed by atoms with Crippen LogP contribution in [0.2, 0.25) is 0 Å². The molecule has 0 aromatic heterocycles. The van der Waals surface area contributed by atoms with Gasteiger partial charge in [0.1, 0.15) is 19.8 Å². The molecule has 0 aliphatic heterocycles. The number of hydrogen-bond acceptors (Lipinski definition) is 1. The Bertz CT molecular complexity index is 941. The van der Waals surface area contributed by atoms with Gasteiger partial charge < -0.3 is 4.74 Å². The van der Waals surface area contributed by atoms with Crippen molar-refractivity contribution >= 4 is 11.3 Å². The summed E-state index contributed by atoms with van der Waals surface area (Å²) in [7, 11) is 5.83. The van der Waals surface area contributed by atoms with Gasteiger partial charge in [0.05, 0.1) is 7.11 Å². The lowest BCUT2D eigenvalue weighted by Crippen LogP contribution is -2.11. The van der Waals surface area contributed by atoms with Gasteiger partial charge in [-0.05, 0) is 57.5 Å². The van der Waals surface area contributed by atoms with Crippen LogP contribution >= 0.6 is 0 Å².